The number of hydrogen-bond acceptors (Lipinski definition) is 6. The fourth-order valence-electron chi connectivity index (χ4n) is 8.24. The van der Waals surface area contributed by atoms with Crippen LogP contribution in [0.3, 0.4) is 0 Å². The maximum atomic E-state index is 14.1. The third-order valence-corrected chi connectivity index (χ3v) is 10.2. The van der Waals surface area contributed by atoms with Crippen LogP contribution in [0.25, 0.3) is 6.08 Å². The van der Waals surface area contributed by atoms with Crippen molar-refractivity contribution in [2.45, 2.75) is 61.8 Å². The van der Waals surface area contributed by atoms with Crippen LogP contribution in [-0.2, 0) is 16.6 Å². The molecule has 7 rings (SSSR count). The van der Waals surface area contributed by atoms with Gasteiger partial charge in [0.2, 0.25) is 5.91 Å². The predicted octanol–water partition coefficient (Wildman–Crippen LogP) is 4.28. The monoisotopic (exact) mass is 564 g/mol. The fourth-order valence-corrected chi connectivity index (χ4v) is 8.24. The van der Waals surface area contributed by atoms with Gasteiger partial charge in [-0.1, -0.05) is 60.2 Å². The van der Waals surface area contributed by atoms with Crippen molar-refractivity contribution in [3.63, 3.8) is 0 Å². The number of rotatable bonds is 6. The van der Waals surface area contributed by atoms with Gasteiger partial charge >= 0.3 is 0 Å². The van der Waals surface area contributed by atoms with Gasteiger partial charge in [-0.15, -0.1) is 0 Å². The van der Waals surface area contributed by atoms with Gasteiger partial charge in [0.1, 0.15) is 17.7 Å². The number of piperidine rings is 1. The normalized spacial score (nSPS) is 29.3. The summed E-state index contributed by atoms with van der Waals surface area (Å²) < 4.78 is 6.55. The number of aryl methyl sites for hydroxylation is 1. The molecule has 2 fully saturated rings. The minimum absolute atomic E-state index is 0.0373. The largest absolute Gasteiger partial charge is 0.504 e. The Morgan fingerprint density at radius 1 is 1.12 bits per heavy atom. The number of phenols is 1. The lowest BCUT2D eigenvalue weighted by Crippen LogP contribution is -2.79. The lowest BCUT2D eigenvalue weighted by molar-refractivity contribution is -0.187. The molecule has 1 spiro atoms. The first kappa shape index (κ1) is 26.9. The number of carbonyl (C=O) groups excluding carboxylic acids is 2. The van der Waals surface area contributed by atoms with Gasteiger partial charge in [-0.2, -0.15) is 0 Å². The number of ketones is 1. The summed E-state index contributed by atoms with van der Waals surface area (Å²) in [6.07, 6.45) is 4.97. The van der Waals surface area contributed by atoms with Crippen molar-refractivity contribution in [3.8, 4) is 11.5 Å². The number of carbonyl (C=O) groups is 2. The Balaban J connectivity index is 1.24. The summed E-state index contributed by atoms with van der Waals surface area (Å²) in [5, 5.41) is 23.6. The lowest BCUT2D eigenvalue weighted by Gasteiger charge is -2.63. The molecule has 2 aliphatic heterocycles. The summed E-state index contributed by atoms with van der Waals surface area (Å²) in [6, 6.07) is 20.3. The molecule has 42 heavy (non-hydrogen) atoms. The van der Waals surface area contributed by atoms with Gasteiger partial charge in [-0.25, -0.2) is 0 Å². The molecular formula is C35H36N2O5. The molecule has 2 aliphatic carbocycles. The second-order valence-corrected chi connectivity index (χ2v) is 12.4. The van der Waals surface area contributed by atoms with E-state index in [1.807, 2.05) is 55.5 Å². The van der Waals surface area contributed by atoms with Crippen LogP contribution in [0.2, 0.25) is 0 Å². The highest BCUT2D eigenvalue weighted by Gasteiger charge is 2.75. The van der Waals surface area contributed by atoms with Crippen molar-refractivity contribution in [2.75, 3.05) is 20.1 Å². The Morgan fingerprint density at radius 3 is 2.71 bits per heavy atom. The number of ether oxygens (including phenoxy) is 1. The van der Waals surface area contributed by atoms with Crippen molar-refractivity contribution in [1.82, 2.24) is 9.80 Å². The van der Waals surface area contributed by atoms with Crippen LogP contribution in [0.1, 0.15) is 51.9 Å². The van der Waals surface area contributed by atoms with Gasteiger partial charge in [-0.3, -0.25) is 14.5 Å². The summed E-state index contributed by atoms with van der Waals surface area (Å²) in [6.45, 7) is 3.27. The van der Waals surface area contributed by atoms with E-state index < -0.39 is 23.2 Å². The van der Waals surface area contributed by atoms with E-state index in [0.29, 0.717) is 43.5 Å². The van der Waals surface area contributed by atoms with Gasteiger partial charge < -0.3 is 19.8 Å². The smallest absolute Gasteiger partial charge is 0.246 e. The number of amides is 1. The highest BCUT2D eigenvalue weighted by Crippen LogP contribution is 2.65. The molecular weight excluding hydrogens is 528 g/mol. The van der Waals surface area contributed by atoms with E-state index in [2.05, 4.69) is 17.0 Å². The number of Topliss-reactive ketones (excluding diaryl/α,β-unsaturated/α-hetero) is 1. The van der Waals surface area contributed by atoms with E-state index in [-0.39, 0.29) is 29.2 Å². The minimum Gasteiger partial charge on any atom is -0.504 e. The molecule has 7 heteroatoms. The third kappa shape index (κ3) is 3.80. The zero-order valence-corrected chi connectivity index (χ0v) is 24.0. The van der Waals surface area contributed by atoms with Gasteiger partial charge in [-0.05, 0) is 61.9 Å². The topological polar surface area (TPSA) is 90.3 Å². The van der Waals surface area contributed by atoms with E-state index in [4.69, 9.17) is 4.74 Å². The number of phenolic OH excluding ortho intramolecular Hbond substituents is 1. The summed E-state index contributed by atoms with van der Waals surface area (Å²) in [7, 11) is 1.78. The molecule has 3 aromatic carbocycles. The summed E-state index contributed by atoms with van der Waals surface area (Å²) in [5.74, 6) is -0.0327. The molecule has 4 aliphatic rings. The number of nitrogens with zero attached hydrogens (tertiary/aromatic N) is 2. The van der Waals surface area contributed by atoms with E-state index >= 15 is 0 Å². The van der Waals surface area contributed by atoms with Crippen LogP contribution >= 0.6 is 0 Å². The van der Waals surface area contributed by atoms with Crippen molar-refractivity contribution in [2.24, 2.45) is 0 Å². The molecule has 0 unspecified atom stereocenters. The van der Waals surface area contributed by atoms with E-state index in [0.717, 1.165) is 17.5 Å². The third-order valence-electron chi connectivity index (χ3n) is 10.2. The maximum Gasteiger partial charge on any atom is 0.246 e. The van der Waals surface area contributed by atoms with E-state index in [1.54, 1.807) is 24.1 Å². The second kappa shape index (κ2) is 9.82. The standard InChI is InChI=1S/C35H36N2O5/c1-22-7-6-10-24(21-22)11-14-28(39)36(2)26-15-17-35(41)32-30(40)25-12-13-27(38)31-29(25)34(35,33(26)42-31)18-20-37(32)19-16-23-8-4-3-5-9-23/h3-14,21,26,32-33,38,41H,15-20H2,1-2H3/t26-,32-,33+,34+,35-/m1/s1. The van der Waals surface area contributed by atoms with Crippen LogP contribution in [0.4, 0.5) is 0 Å². The zero-order chi connectivity index (χ0) is 29.2. The average molecular weight is 565 g/mol. The van der Waals surface area contributed by atoms with Crippen LogP contribution in [0.5, 0.6) is 11.5 Å². The van der Waals surface area contributed by atoms with Gasteiger partial charge in [0.15, 0.2) is 17.3 Å². The summed E-state index contributed by atoms with van der Waals surface area (Å²) in [5.41, 5.74) is 2.10. The van der Waals surface area contributed by atoms with Crippen molar-refractivity contribution >= 4 is 17.8 Å². The molecule has 216 valence electrons. The number of benzene rings is 3. The zero-order valence-electron chi connectivity index (χ0n) is 24.0. The first-order chi connectivity index (χ1) is 20.2. The summed E-state index contributed by atoms with van der Waals surface area (Å²) in [4.78, 5) is 31.5. The Labute approximate surface area is 246 Å². The fraction of sp³-hybridized carbons (Fsp3) is 0.371. The van der Waals surface area contributed by atoms with Crippen molar-refractivity contribution in [3.05, 3.63) is 101 Å². The van der Waals surface area contributed by atoms with Crippen LogP contribution < -0.4 is 4.74 Å². The molecule has 7 nitrogen and oxygen atoms in total. The molecule has 2 bridgehead atoms. The van der Waals surface area contributed by atoms with E-state index in [1.165, 1.54) is 11.6 Å². The number of aliphatic hydroxyl groups is 1. The minimum atomic E-state index is -1.38. The quantitative estimate of drug-likeness (QED) is 0.435. The first-order valence-electron chi connectivity index (χ1n) is 14.8. The molecule has 0 aromatic heterocycles. The molecule has 0 radical (unpaired) electrons. The summed E-state index contributed by atoms with van der Waals surface area (Å²) >= 11 is 0. The average Bonchev–Trinajstić information content (AvgIpc) is 3.34. The first-order valence-corrected chi connectivity index (χ1v) is 14.8. The maximum absolute atomic E-state index is 14.1. The molecule has 2 heterocycles. The Morgan fingerprint density at radius 2 is 1.93 bits per heavy atom. The predicted molar refractivity (Wildman–Crippen MR) is 160 cm³/mol. The Hall–Kier alpha value is -3.94. The highest BCUT2D eigenvalue weighted by molar-refractivity contribution is 6.06. The Kier molecular flexibility index (Phi) is 6.29. The molecule has 2 N–H and O–H groups in total. The SMILES string of the molecule is Cc1cccc(C=CC(=O)N(C)[C@@H]2CC[C@@]3(O)[C@H]4C(=O)c5ccc(O)c6c5[C@@]3(CCN4CCc3ccccc3)[C@H]2O6)c1. The molecule has 1 saturated heterocycles. The number of likely N-dealkylation sites (tertiary alicyclic amines) is 1. The number of hydrogen-bond donors (Lipinski definition) is 2. The molecule has 1 saturated carbocycles. The number of likely N-dealkylation sites (N-methyl/N-ethyl adjacent to an activating group) is 1. The highest BCUT2D eigenvalue weighted by atomic mass is 16.5. The van der Waals surface area contributed by atoms with Crippen molar-refractivity contribution < 1.29 is 24.5 Å². The van der Waals surface area contributed by atoms with Crippen LogP contribution in [0.15, 0.2) is 72.8 Å². The Bertz CT molecular complexity index is 1600. The number of aromatic hydroxyl groups is 1. The molecule has 5 atom stereocenters. The van der Waals surface area contributed by atoms with E-state index in [9.17, 15) is 19.8 Å². The van der Waals surface area contributed by atoms with Crippen LogP contribution in [0, 0.1) is 6.92 Å². The molecule has 1 amide bonds. The van der Waals surface area contributed by atoms with Crippen molar-refractivity contribution in [1.29, 1.82) is 0 Å². The molecule has 3 aromatic rings. The van der Waals surface area contributed by atoms with Gasteiger partial charge in [0.25, 0.3) is 0 Å². The lowest BCUT2D eigenvalue weighted by atomic mass is 9.48. The van der Waals surface area contributed by atoms with Gasteiger partial charge in [0.05, 0.1) is 11.5 Å². The second-order valence-electron chi connectivity index (χ2n) is 12.4. The van der Waals surface area contributed by atoms with Gasteiger partial charge in [0, 0.05) is 37.3 Å². The van der Waals surface area contributed by atoms with Crippen LogP contribution in [-0.4, -0.2) is 75.6 Å².